The molecule has 0 bridgehead atoms. The summed E-state index contributed by atoms with van der Waals surface area (Å²) in [5, 5.41) is 2.72. The lowest BCUT2D eigenvalue weighted by Gasteiger charge is -2.10. The maximum absolute atomic E-state index is 12.5. The maximum atomic E-state index is 12.5. The summed E-state index contributed by atoms with van der Waals surface area (Å²) in [7, 11) is 0. The van der Waals surface area contributed by atoms with Crippen molar-refractivity contribution in [1.29, 1.82) is 0 Å². The molecule has 0 saturated heterocycles. The highest BCUT2D eigenvalue weighted by Gasteiger charge is 2.10. The summed E-state index contributed by atoms with van der Waals surface area (Å²) < 4.78 is 7.71. The lowest BCUT2D eigenvalue weighted by Crippen LogP contribution is -2.41. The molecule has 144 valence electrons. The quantitative estimate of drug-likeness (QED) is 0.667. The van der Waals surface area contributed by atoms with E-state index in [4.69, 9.17) is 4.74 Å². The van der Waals surface area contributed by atoms with Crippen LogP contribution >= 0.6 is 0 Å². The first kappa shape index (κ1) is 19.2. The fourth-order valence-electron chi connectivity index (χ4n) is 2.78. The van der Waals surface area contributed by atoms with E-state index in [-0.39, 0.29) is 12.5 Å². The molecule has 0 aliphatic rings. The second-order valence-corrected chi connectivity index (χ2v) is 6.25. The molecule has 7 heteroatoms. The van der Waals surface area contributed by atoms with E-state index in [9.17, 15) is 14.4 Å². The number of benzene rings is 2. The molecule has 1 aromatic heterocycles. The number of aryl methyl sites for hydroxylation is 1. The van der Waals surface area contributed by atoms with E-state index in [1.165, 1.54) is 17.0 Å². The van der Waals surface area contributed by atoms with Crippen LogP contribution in [0.2, 0.25) is 0 Å². The van der Waals surface area contributed by atoms with Crippen molar-refractivity contribution in [2.45, 2.75) is 20.4 Å². The molecule has 1 heterocycles. The molecule has 7 nitrogen and oxygen atoms in total. The fraction of sp³-hybridized carbons (Fsp3) is 0.190. The zero-order chi connectivity index (χ0) is 20.1. The van der Waals surface area contributed by atoms with Crippen LogP contribution < -0.4 is 21.2 Å². The Morgan fingerprint density at radius 1 is 1.04 bits per heavy atom. The smallest absolute Gasteiger partial charge is 0.320 e. The number of hydrogen-bond acceptors (Lipinski definition) is 4. The molecule has 0 spiro atoms. The van der Waals surface area contributed by atoms with Gasteiger partial charge in [0.05, 0.1) is 6.61 Å². The van der Waals surface area contributed by atoms with Gasteiger partial charge >= 0.3 is 11.1 Å². The average molecular weight is 379 g/mol. The van der Waals surface area contributed by atoms with Gasteiger partial charge in [-0.2, -0.15) is 0 Å². The predicted octanol–water partition coefficient (Wildman–Crippen LogP) is 2.35. The Kier molecular flexibility index (Phi) is 5.74. The first-order valence-electron chi connectivity index (χ1n) is 8.90. The van der Waals surface area contributed by atoms with Gasteiger partial charge < -0.3 is 10.1 Å². The molecule has 2 aromatic carbocycles. The Morgan fingerprint density at radius 3 is 2.46 bits per heavy atom. The van der Waals surface area contributed by atoms with Gasteiger partial charge in [-0.15, -0.1) is 0 Å². The van der Waals surface area contributed by atoms with Crippen molar-refractivity contribution in [2.24, 2.45) is 0 Å². The van der Waals surface area contributed by atoms with Gasteiger partial charge in [0.2, 0.25) is 5.91 Å². The van der Waals surface area contributed by atoms with Crippen LogP contribution in [0.1, 0.15) is 12.5 Å². The topological polar surface area (TPSA) is 82.3 Å². The van der Waals surface area contributed by atoms with E-state index in [0.29, 0.717) is 23.7 Å². The van der Waals surface area contributed by atoms with Crippen molar-refractivity contribution < 1.29 is 9.53 Å². The molecule has 0 atom stereocenters. The van der Waals surface area contributed by atoms with Gasteiger partial charge in [0.25, 0.3) is 0 Å². The van der Waals surface area contributed by atoms with Crippen molar-refractivity contribution >= 4 is 11.6 Å². The van der Waals surface area contributed by atoms with Gasteiger partial charge in [0.1, 0.15) is 12.3 Å². The zero-order valence-corrected chi connectivity index (χ0v) is 15.7. The molecule has 3 rings (SSSR count). The number of carbonyl (C=O) groups is 1. The van der Waals surface area contributed by atoms with Crippen LogP contribution in [0.15, 0.2) is 70.5 Å². The van der Waals surface area contributed by atoms with Gasteiger partial charge in [-0.05, 0) is 55.8 Å². The minimum atomic E-state index is -0.768. The Hall–Kier alpha value is -3.61. The number of nitrogens with one attached hydrogen (secondary N) is 1. The van der Waals surface area contributed by atoms with E-state index in [1.54, 1.807) is 30.3 Å². The first-order chi connectivity index (χ1) is 13.5. The molecular weight excluding hydrogens is 358 g/mol. The summed E-state index contributed by atoms with van der Waals surface area (Å²) in [6.07, 6.45) is 2.90. The van der Waals surface area contributed by atoms with Gasteiger partial charge in [-0.3, -0.25) is 23.5 Å². The summed E-state index contributed by atoms with van der Waals surface area (Å²) in [6.45, 7) is 4.10. The number of carbonyl (C=O) groups excluding carboxylic acids is 1. The van der Waals surface area contributed by atoms with Crippen molar-refractivity contribution in [1.82, 2.24) is 9.13 Å². The average Bonchev–Trinajstić information content (AvgIpc) is 2.67. The van der Waals surface area contributed by atoms with Crippen molar-refractivity contribution in [2.75, 3.05) is 11.9 Å². The number of nitrogens with zero attached hydrogens (tertiary/aromatic N) is 2. The molecule has 0 fully saturated rings. The van der Waals surface area contributed by atoms with Crippen LogP contribution in [-0.2, 0) is 11.3 Å². The summed E-state index contributed by atoms with van der Waals surface area (Å²) in [5.41, 5.74) is 0.696. The van der Waals surface area contributed by atoms with Gasteiger partial charge in [-0.25, -0.2) is 0 Å². The van der Waals surface area contributed by atoms with Crippen LogP contribution in [-0.4, -0.2) is 21.6 Å². The second kappa shape index (κ2) is 8.39. The minimum absolute atomic E-state index is 0.244. The largest absolute Gasteiger partial charge is 0.494 e. The highest BCUT2D eigenvalue weighted by molar-refractivity contribution is 5.90. The minimum Gasteiger partial charge on any atom is -0.494 e. The second-order valence-electron chi connectivity index (χ2n) is 6.25. The summed E-state index contributed by atoms with van der Waals surface area (Å²) in [6, 6.07) is 14.2. The monoisotopic (exact) mass is 379 g/mol. The van der Waals surface area contributed by atoms with E-state index in [2.05, 4.69) is 5.32 Å². The van der Waals surface area contributed by atoms with Gasteiger partial charge in [0.15, 0.2) is 0 Å². The molecule has 0 aliphatic heterocycles. The van der Waals surface area contributed by atoms with E-state index >= 15 is 0 Å². The summed E-state index contributed by atoms with van der Waals surface area (Å²) >= 11 is 0. The SMILES string of the molecule is CCOc1ccc(-n2ccn(CC(=O)Nc3cccc(C)c3)c(=O)c2=O)cc1. The zero-order valence-electron chi connectivity index (χ0n) is 15.7. The molecule has 0 saturated carbocycles. The van der Waals surface area contributed by atoms with Crippen LogP contribution in [0, 0.1) is 6.92 Å². The molecular formula is C21H21N3O4. The maximum Gasteiger partial charge on any atom is 0.320 e. The fourth-order valence-corrected chi connectivity index (χ4v) is 2.78. The Bertz CT molecular complexity index is 1100. The number of anilines is 1. The summed E-state index contributed by atoms with van der Waals surface area (Å²) in [5.74, 6) is 0.298. The van der Waals surface area contributed by atoms with E-state index in [0.717, 1.165) is 10.1 Å². The van der Waals surface area contributed by atoms with Gasteiger partial charge in [0, 0.05) is 23.8 Å². The number of hydrogen-bond donors (Lipinski definition) is 1. The van der Waals surface area contributed by atoms with Crippen LogP contribution in [0.5, 0.6) is 5.75 Å². The van der Waals surface area contributed by atoms with Crippen LogP contribution in [0.25, 0.3) is 5.69 Å². The number of ether oxygens (including phenoxy) is 1. The normalized spacial score (nSPS) is 10.5. The lowest BCUT2D eigenvalue weighted by atomic mass is 10.2. The predicted molar refractivity (Wildman–Crippen MR) is 107 cm³/mol. The molecule has 28 heavy (non-hydrogen) atoms. The van der Waals surface area contributed by atoms with E-state index in [1.807, 2.05) is 32.0 Å². The highest BCUT2D eigenvalue weighted by atomic mass is 16.5. The third-order valence-corrected chi connectivity index (χ3v) is 4.10. The Labute approximate surface area is 161 Å². The van der Waals surface area contributed by atoms with Crippen molar-refractivity contribution in [3.05, 3.63) is 87.2 Å². The molecule has 3 aromatic rings. The Morgan fingerprint density at radius 2 is 1.79 bits per heavy atom. The van der Waals surface area contributed by atoms with Crippen molar-refractivity contribution in [3.8, 4) is 11.4 Å². The molecule has 1 amide bonds. The third-order valence-electron chi connectivity index (χ3n) is 4.10. The summed E-state index contributed by atoms with van der Waals surface area (Å²) in [4.78, 5) is 37.1. The molecule has 0 aliphatic carbocycles. The molecule has 0 radical (unpaired) electrons. The Balaban J connectivity index is 1.79. The van der Waals surface area contributed by atoms with Crippen molar-refractivity contribution in [3.63, 3.8) is 0 Å². The third kappa shape index (κ3) is 4.37. The van der Waals surface area contributed by atoms with E-state index < -0.39 is 11.1 Å². The van der Waals surface area contributed by atoms with Crippen LogP contribution in [0.4, 0.5) is 5.69 Å². The number of rotatable bonds is 6. The number of amides is 1. The standard InChI is InChI=1S/C21H21N3O4/c1-3-28-18-9-7-17(8-10-18)24-12-11-23(20(26)21(24)27)14-19(25)22-16-6-4-5-15(2)13-16/h4-13H,3,14H2,1-2H3,(H,22,25). The van der Waals surface area contributed by atoms with Crippen LogP contribution in [0.3, 0.4) is 0 Å². The van der Waals surface area contributed by atoms with Gasteiger partial charge in [-0.1, -0.05) is 12.1 Å². The number of aromatic nitrogens is 2. The molecule has 0 unspecified atom stereocenters. The lowest BCUT2D eigenvalue weighted by molar-refractivity contribution is -0.116. The highest BCUT2D eigenvalue weighted by Crippen LogP contribution is 2.14. The molecule has 1 N–H and O–H groups in total. The first-order valence-corrected chi connectivity index (χ1v) is 8.90.